The highest BCUT2D eigenvalue weighted by Crippen LogP contribution is 2.33. The molecule has 0 saturated carbocycles. The van der Waals surface area contributed by atoms with Crippen LogP contribution in [0, 0.1) is 11.8 Å². The monoisotopic (exact) mass is 825 g/mol. The minimum Gasteiger partial charge on any atom is -0.491 e. The fourth-order valence-electron chi connectivity index (χ4n) is 3.93. The molecule has 19 heteroatoms. The number of nitrogens with one attached hydrogen (secondary N) is 4. The lowest BCUT2D eigenvalue weighted by Gasteiger charge is -2.13. The number of sulfone groups is 1. The summed E-state index contributed by atoms with van der Waals surface area (Å²) >= 11 is 3.47. The highest BCUT2D eigenvalue weighted by Gasteiger charge is 2.20. The average molecular weight is 826 g/mol. The Morgan fingerprint density at radius 2 is 1.13 bits per heavy atom. The van der Waals surface area contributed by atoms with Crippen LogP contribution in [0.5, 0.6) is 11.5 Å². The summed E-state index contributed by atoms with van der Waals surface area (Å²) in [6.07, 6.45) is 5.50. The van der Waals surface area contributed by atoms with E-state index in [2.05, 4.69) is 36.2 Å². The maximum absolute atomic E-state index is 12.3. The summed E-state index contributed by atoms with van der Waals surface area (Å²) in [6.45, 7) is 9.02. The van der Waals surface area contributed by atoms with Crippen LogP contribution < -0.4 is 30.7 Å². The van der Waals surface area contributed by atoms with Crippen LogP contribution in [0.25, 0.3) is 0 Å². The molecule has 4 amide bonds. The molecular formula is C36H39N7O8S4. The molecule has 0 saturated heterocycles. The standard InChI is InChI=1S/C20H20N4O3S2.C16H19N3O5S2/c1-13(2)12-27-15-8-4-3-7-14(15)23-18(25)19(26)24-20-22-11-17(29-20)28-16-9-5-6-10-21-16;1-10(2)9-24-12-7-5-4-6-11(12)18-14(20)15(21)19-16-17-8-13(25-16)26(3,22)23/h3-11,13H,12H2,1-2H3,(H,23,25)(H,22,24,26);4-8,10H,9H2,1-3H3,(H,18,20)(H,17,19,21). The molecule has 15 nitrogen and oxygen atoms in total. The van der Waals surface area contributed by atoms with Crippen molar-refractivity contribution in [2.24, 2.45) is 11.8 Å². The van der Waals surface area contributed by atoms with Crippen molar-refractivity contribution in [2.45, 2.75) is 41.1 Å². The van der Waals surface area contributed by atoms with Gasteiger partial charge in [-0.25, -0.2) is 23.4 Å². The van der Waals surface area contributed by atoms with Crippen LogP contribution in [-0.4, -0.2) is 66.5 Å². The van der Waals surface area contributed by atoms with E-state index >= 15 is 0 Å². The highest BCUT2D eigenvalue weighted by molar-refractivity contribution is 8.01. The first-order chi connectivity index (χ1) is 26.2. The van der Waals surface area contributed by atoms with E-state index in [1.807, 2.05) is 52.0 Å². The van der Waals surface area contributed by atoms with Crippen molar-refractivity contribution in [3.05, 3.63) is 85.3 Å². The first-order valence-corrected chi connectivity index (χ1v) is 20.9. The number of carbonyl (C=O) groups excluding carboxylic acids is 4. The molecule has 0 aliphatic heterocycles. The first-order valence-electron chi connectivity index (χ1n) is 16.6. The van der Waals surface area contributed by atoms with E-state index in [9.17, 15) is 27.6 Å². The summed E-state index contributed by atoms with van der Waals surface area (Å²) in [5.74, 6) is -1.85. The van der Waals surface area contributed by atoms with Crippen molar-refractivity contribution < 1.29 is 37.1 Å². The van der Waals surface area contributed by atoms with Gasteiger partial charge in [-0.1, -0.05) is 92.5 Å². The predicted molar refractivity (Wildman–Crippen MR) is 214 cm³/mol. The molecule has 0 bridgehead atoms. The van der Waals surface area contributed by atoms with Gasteiger partial charge in [0.25, 0.3) is 0 Å². The second-order valence-corrected chi connectivity index (χ2v) is 17.9. The second kappa shape index (κ2) is 20.3. The Morgan fingerprint density at radius 1 is 0.655 bits per heavy atom. The molecule has 4 N–H and O–H groups in total. The Kier molecular flexibility index (Phi) is 15.7. The highest BCUT2D eigenvalue weighted by atomic mass is 32.2. The Labute approximate surface area is 330 Å². The Bertz CT molecular complexity index is 2190. The molecule has 0 radical (unpaired) electrons. The third-order valence-corrected chi connectivity index (χ3v) is 11.1. The number of para-hydroxylation sites is 4. The predicted octanol–water partition coefficient (Wildman–Crippen LogP) is 6.46. The second-order valence-electron chi connectivity index (χ2n) is 12.2. The van der Waals surface area contributed by atoms with Crippen LogP contribution >= 0.6 is 34.4 Å². The van der Waals surface area contributed by atoms with Crippen LogP contribution in [0.1, 0.15) is 27.7 Å². The number of nitrogens with zero attached hydrogens (tertiary/aromatic N) is 3. The van der Waals surface area contributed by atoms with Crippen LogP contribution in [0.4, 0.5) is 21.6 Å². The smallest absolute Gasteiger partial charge is 0.315 e. The van der Waals surface area contributed by atoms with Crippen molar-refractivity contribution >= 4 is 89.5 Å². The van der Waals surface area contributed by atoms with E-state index < -0.39 is 33.5 Å². The third-order valence-electron chi connectivity index (χ3n) is 6.45. The maximum Gasteiger partial charge on any atom is 0.315 e. The molecule has 0 aliphatic carbocycles. The number of pyridine rings is 1. The molecule has 0 atom stereocenters. The van der Waals surface area contributed by atoms with Gasteiger partial charge in [-0.15, -0.1) is 0 Å². The number of ether oxygens (including phenoxy) is 2. The van der Waals surface area contributed by atoms with Crippen molar-refractivity contribution in [1.82, 2.24) is 15.0 Å². The van der Waals surface area contributed by atoms with E-state index in [0.29, 0.717) is 53.1 Å². The lowest BCUT2D eigenvalue weighted by atomic mass is 10.2. The molecule has 0 unspecified atom stereocenters. The van der Waals surface area contributed by atoms with Crippen molar-refractivity contribution in [3.63, 3.8) is 0 Å². The summed E-state index contributed by atoms with van der Waals surface area (Å²) in [4.78, 5) is 60.8. The summed E-state index contributed by atoms with van der Waals surface area (Å²) in [6, 6.07) is 19.4. The molecule has 0 spiro atoms. The molecule has 290 valence electrons. The largest absolute Gasteiger partial charge is 0.491 e. The van der Waals surface area contributed by atoms with Crippen LogP contribution in [0.3, 0.4) is 0 Å². The van der Waals surface area contributed by atoms with Gasteiger partial charge in [-0.3, -0.25) is 29.8 Å². The molecule has 3 aromatic heterocycles. The molecule has 5 rings (SSSR count). The number of hydrogen-bond acceptors (Lipinski definition) is 14. The van der Waals surface area contributed by atoms with E-state index in [1.165, 1.54) is 23.1 Å². The van der Waals surface area contributed by atoms with Gasteiger partial charge in [-0.2, -0.15) is 0 Å². The minimum absolute atomic E-state index is 0.000592. The van der Waals surface area contributed by atoms with Gasteiger partial charge in [0.05, 0.1) is 41.2 Å². The Balaban J connectivity index is 0.000000246. The van der Waals surface area contributed by atoms with Gasteiger partial charge in [0.2, 0.25) is 0 Å². The lowest BCUT2D eigenvalue weighted by molar-refractivity contribution is -0.133. The number of amides is 4. The van der Waals surface area contributed by atoms with E-state index in [1.54, 1.807) is 54.9 Å². The number of thiazole rings is 2. The van der Waals surface area contributed by atoms with Crippen LogP contribution in [0.2, 0.25) is 0 Å². The number of carbonyl (C=O) groups is 4. The molecule has 5 aromatic rings. The molecule has 55 heavy (non-hydrogen) atoms. The zero-order valence-corrected chi connectivity index (χ0v) is 33.7. The molecule has 0 fully saturated rings. The van der Waals surface area contributed by atoms with Gasteiger partial charge in [0.15, 0.2) is 20.1 Å². The zero-order valence-electron chi connectivity index (χ0n) is 30.4. The fourth-order valence-corrected chi connectivity index (χ4v) is 7.34. The Morgan fingerprint density at radius 3 is 1.60 bits per heavy atom. The molecular weight excluding hydrogens is 787 g/mol. The number of hydrogen-bond donors (Lipinski definition) is 4. The van der Waals surface area contributed by atoms with E-state index in [0.717, 1.165) is 33.0 Å². The van der Waals surface area contributed by atoms with Gasteiger partial charge in [-0.05, 0) is 48.2 Å². The average Bonchev–Trinajstić information content (AvgIpc) is 3.81. The summed E-state index contributed by atoms with van der Waals surface area (Å²) in [5, 5.41) is 11.0. The number of benzene rings is 2. The fraction of sp³-hybridized carbons (Fsp3) is 0.250. The molecule has 3 heterocycles. The minimum atomic E-state index is -3.42. The number of anilines is 4. The molecule has 0 aliphatic rings. The van der Waals surface area contributed by atoms with Gasteiger partial charge in [0, 0.05) is 12.5 Å². The Hall–Kier alpha value is -5.37. The first kappa shape index (κ1) is 42.4. The lowest BCUT2D eigenvalue weighted by Crippen LogP contribution is -2.29. The number of rotatable bonds is 13. The zero-order chi connectivity index (χ0) is 40.0. The van der Waals surface area contributed by atoms with Gasteiger partial charge >= 0.3 is 23.6 Å². The quantitative estimate of drug-likeness (QED) is 0.0944. The van der Waals surface area contributed by atoms with E-state index in [4.69, 9.17) is 9.47 Å². The van der Waals surface area contributed by atoms with Crippen LogP contribution in [0.15, 0.2) is 98.8 Å². The summed E-state index contributed by atoms with van der Waals surface area (Å²) in [5.41, 5.74) is 0.808. The van der Waals surface area contributed by atoms with Crippen molar-refractivity contribution in [2.75, 3.05) is 40.7 Å². The third kappa shape index (κ3) is 14.1. The van der Waals surface area contributed by atoms with Crippen LogP contribution in [-0.2, 0) is 29.0 Å². The number of aromatic nitrogens is 3. The normalized spacial score (nSPS) is 10.9. The SMILES string of the molecule is CC(C)COc1ccccc1NC(=O)C(=O)Nc1ncc(S(C)(=O)=O)s1.CC(C)COc1ccccc1NC(=O)C(=O)Nc1ncc(Sc2ccccn2)s1. The maximum atomic E-state index is 12.3. The van der Waals surface area contributed by atoms with Gasteiger partial charge in [0.1, 0.15) is 20.7 Å². The van der Waals surface area contributed by atoms with Gasteiger partial charge < -0.3 is 20.1 Å². The van der Waals surface area contributed by atoms with E-state index in [-0.39, 0.29) is 9.34 Å². The van der Waals surface area contributed by atoms with Crippen molar-refractivity contribution in [3.8, 4) is 11.5 Å². The topological polar surface area (TPSA) is 208 Å². The van der Waals surface area contributed by atoms with Crippen molar-refractivity contribution in [1.29, 1.82) is 0 Å². The summed E-state index contributed by atoms with van der Waals surface area (Å²) in [7, 11) is -3.42. The summed E-state index contributed by atoms with van der Waals surface area (Å²) < 4.78 is 35.0. The molecule has 2 aromatic carbocycles.